The van der Waals surface area contributed by atoms with Gasteiger partial charge in [-0.25, -0.2) is 4.98 Å². The largest absolute Gasteiger partial charge is 0.486 e. The van der Waals surface area contributed by atoms with E-state index < -0.39 is 0 Å². The molecule has 1 aromatic heterocycles. The van der Waals surface area contributed by atoms with Crippen LogP contribution >= 0.6 is 27.3 Å². The van der Waals surface area contributed by atoms with Gasteiger partial charge in [0.25, 0.3) is 0 Å². The number of thiazole rings is 1. The summed E-state index contributed by atoms with van der Waals surface area (Å²) in [6.45, 7) is 1.90. The van der Waals surface area contributed by atoms with Gasteiger partial charge in [-0.05, 0) is 25.1 Å². The minimum absolute atomic E-state index is 0.00854. The topological polar surface area (TPSA) is 39.2 Å². The predicted octanol–water partition coefficient (Wildman–Crippen LogP) is 3.69. The Morgan fingerprint density at radius 1 is 1.53 bits per heavy atom. The zero-order valence-electron chi connectivity index (χ0n) is 9.14. The molecule has 2 rings (SSSR count). The molecule has 0 saturated heterocycles. The summed E-state index contributed by atoms with van der Waals surface area (Å²) < 4.78 is 6.50. The summed E-state index contributed by atoms with van der Waals surface area (Å²) in [5.41, 5.74) is 3.21. The lowest BCUT2D eigenvalue weighted by atomic mass is 10.1. The van der Waals surface area contributed by atoms with Gasteiger partial charge in [-0.3, -0.25) is 4.79 Å². The molecule has 0 unspecified atom stereocenters. The van der Waals surface area contributed by atoms with E-state index in [0.29, 0.717) is 17.9 Å². The van der Waals surface area contributed by atoms with Crippen LogP contribution in [0.2, 0.25) is 0 Å². The molecule has 0 spiro atoms. The number of carbonyl (C=O) groups excluding carboxylic acids is 1. The molecule has 0 aliphatic carbocycles. The maximum Gasteiger partial charge on any atom is 0.163 e. The predicted molar refractivity (Wildman–Crippen MR) is 70.6 cm³/mol. The zero-order valence-corrected chi connectivity index (χ0v) is 11.5. The van der Waals surface area contributed by atoms with Crippen LogP contribution < -0.4 is 4.74 Å². The van der Waals surface area contributed by atoms with E-state index in [-0.39, 0.29) is 5.78 Å². The number of ether oxygens (including phenoxy) is 1. The molecule has 0 bridgehead atoms. The summed E-state index contributed by atoms with van der Waals surface area (Å²) in [5, 5.41) is 1.92. The van der Waals surface area contributed by atoms with E-state index in [2.05, 4.69) is 20.9 Å². The highest BCUT2D eigenvalue weighted by molar-refractivity contribution is 9.10. The Balaban J connectivity index is 2.19. The lowest BCUT2D eigenvalue weighted by Crippen LogP contribution is -2.01. The fourth-order valence-corrected chi connectivity index (χ4v) is 2.25. The third-order valence-corrected chi connectivity index (χ3v) is 3.31. The second-order valence-corrected chi connectivity index (χ2v) is 5.10. The van der Waals surface area contributed by atoms with Crippen LogP contribution in [0.25, 0.3) is 0 Å². The number of halogens is 1. The van der Waals surface area contributed by atoms with Crippen LogP contribution in [0.3, 0.4) is 0 Å². The Kier molecular flexibility index (Phi) is 3.91. The lowest BCUT2D eigenvalue weighted by Gasteiger charge is -2.09. The number of hydrogen-bond acceptors (Lipinski definition) is 4. The highest BCUT2D eigenvalue weighted by Gasteiger charge is 2.09. The van der Waals surface area contributed by atoms with Gasteiger partial charge in [0, 0.05) is 9.85 Å². The van der Waals surface area contributed by atoms with E-state index in [0.717, 1.165) is 10.2 Å². The Morgan fingerprint density at radius 2 is 2.35 bits per heavy atom. The summed E-state index contributed by atoms with van der Waals surface area (Å²) in [4.78, 5) is 15.6. The second kappa shape index (κ2) is 5.42. The molecule has 0 N–H and O–H groups in total. The van der Waals surface area contributed by atoms with E-state index in [4.69, 9.17) is 4.74 Å². The molecule has 88 valence electrons. The van der Waals surface area contributed by atoms with Crippen molar-refractivity contribution in [3.05, 3.63) is 44.8 Å². The average Bonchev–Trinajstić information content (AvgIpc) is 2.78. The molecule has 0 aliphatic rings. The van der Waals surface area contributed by atoms with Crippen LogP contribution in [-0.2, 0) is 6.61 Å². The first kappa shape index (κ1) is 12.3. The van der Waals surface area contributed by atoms with Crippen LogP contribution in [-0.4, -0.2) is 10.8 Å². The van der Waals surface area contributed by atoms with Crippen LogP contribution in [0.15, 0.2) is 33.6 Å². The fraction of sp³-hybridized carbons (Fsp3) is 0.167. The Morgan fingerprint density at radius 3 is 3.00 bits per heavy atom. The molecular formula is C12H10BrNO2S. The van der Waals surface area contributed by atoms with E-state index in [9.17, 15) is 4.79 Å². The minimum atomic E-state index is -0.00854. The Bertz CT molecular complexity index is 525. The normalized spacial score (nSPS) is 10.2. The Labute approximate surface area is 112 Å². The maximum atomic E-state index is 11.4. The van der Waals surface area contributed by atoms with Gasteiger partial charge in [-0.1, -0.05) is 15.9 Å². The van der Waals surface area contributed by atoms with Crippen LogP contribution in [0.4, 0.5) is 0 Å². The van der Waals surface area contributed by atoms with E-state index >= 15 is 0 Å². The summed E-state index contributed by atoms with van der Waals surface area (Å²) in [6.07, 6.45) is 0. The molecule has 2 aromatic rings. The van der Waals surface area contributed by atoms with Gasteiger partial charge in [0.15, 0.2) is 5.78 Å². The lowest BCUT2D eigenvalue weighted by molar-refractivity contribution is 0.101. The number of nitrogens with zero attached hydrogens (tertiary/aromatic N) is 1. The van der Waals surface area contributed by atoms with E-state index in [1.807, 2.05) is 11.4 Å². The van der Waals surface area contributed by atoms with Crippen molar-refractivity contribution in [1.29, 1.82) is 0 Å². The zero-order chi connectivity index (χ0) is 12.3. The molecule has 17 heavy (non-hydrogen) atoms. The first-order valence-corrected chi connectivity index (χ1v) is 6.71. The van der Waals surface area contributed by atoms with E-state index in [1.54, 1.807) is 17.6 Å². The van der Waals surface area contributed by atoms with E-state index in [1.165, 1.54) is 18.3 Å². The average molecular weight is 312 g/mol. The first-order valence-electron chi connectivity index (χ1n) is 4.97. The Hall–Kier alpha value is -1.20. The van der Waals surface area contributed by atoms with Crippen molar-refractivity contribution in [2.24, 2.45) is 0 Å². The molecule has 1 aromatic carbocycles. The van der Waals surface area contributed by atoms with Gasteiger partial charge in [0.05, 0.1) is 16.8 Å². The van der Waals surface area contributed by atoms with Gasteiger partial charge in [-0.2, -0.15) is 0 Å². The number of carbonyl (C=O) groups is 1. The van der Waals surface area contributed by atoms with Crippen molar-refractivity contribution in [1.82, 2.24) is 4.98 Å². The van der Waals surface area contributed by atoms with Gasteiger partial charge in [0.1, 0.15) is 12.4 Å². The number of Topliss-reactive ketones (excluding diaryl/α,β-unsaturated/α-hetero) is 1. The molecule has 0 amide bonds. The smallest absolute Gasteiger partial charge is 0.163 e. The second-order valence-electron chi connectivity index (χ2n) is 3.47. The summed E-state index contributed by atoms with van der Waals surface area (Å²) in [5.74, 6) is 0.575. The van der Waals surface area contributed by atoms with Crippen LogP contribution in [0.5, 0.6) is 5.75 Å². The van der Waals surface area contributed by atoms with Gasteiger partial charge in [-0.15, -0.1) is 11.3 Å². The van der Waals surface area contributed by atoms with Crippen molar-refractivity contribution in [3.8, 4) is 5.75 Å². The number of aromatic nitrogens is 1. The minimum Gasteiger partial charge on any atom is -0.486 e. The summed E-state index contributed by atoms with van der Waals surface area (Å²) in [6, 6.07) is 5.37. The van der Waals surface area contributed by atoms with Crippen LogP contribution in [0.1, 0.15) is 23.0 Å². The molecule has 1 heterocycles. The standard InChI is InChI=1S/C12H10BrNO2S/c1-8(15)11-3-2-9(13)4-12(11)16-5-10-6-17-7-14-10/h2-4,6-7H,5H2,1H3. The fourth-order valence-electron chi connectivity index (χ4n) is 1.37. The van der Waals surface area contributed by atoms with Crippen molar-refractivity contribution in [2.75, 3.05) is 0 Å². The molecule has 5 heteroatoms. The maximum absolute atomic E-state index is 11.4. The monoisotopic (exact) mass is 311 g/mol. The number of benzene rings is 1. The van der Waals surface area contributed by atoms with Crippen molar-refractivity contribution in [3.63, 3.8) is 0 Å². The first-order chi connectivity index (χ1) is 8.16. The number of ketones is 1. The SMILES string of the molecule is CC(=O)c1ccc(Br)cc1OCc1cscn1. The molecule has 0 aliphatic heterocycles. The number of hydrogen-bond donors (Lipinski definition) is 0. The van der Waals surface area contributed by atoms with Crippen molar-refractivity contribution >= 4 is 33.0 Å². The van der Waals surface area contributed by atoms with Gasteiger partial charge in [0.2, 0.25) is 0 Å². The molecule has 0 saturated carbocycles. The number of rotatable bonds is 4. The summed E-state index contributed by atoms with van der Waals surface area (Å²) >= 11 is 4.88. The van der Waals surface area contributed by atoms with Crippen molar-refractivity contribution < 1.29 is 9.53 Å². The highest BCUT2D eigenvalue weighted by atomic mass is 79.9. The molecular weight excluding hydrogens is 302 g/mol. The van der Waals surface area contributed by atoms with Gasteiger partial charge < -0.3 is 4.74 Å². The summed E-state index contributed by atoms with van der Waals surface area (Å²) in [7, 11) is 0. The van der Waals surface area contributed by atoms with Crippen molar-refractivity contribution in [2.45, 2.75) is 13.5 Å². The molecule has 3 nitrogen and oxygen atoms in total. The van der Waals surface area contributed by atoms with Crippen LogP contribution in [0, 0.1) is 0 Å². The highest BCUT2D eigenvalue weighted by Crippen LogP contribution is 2.25. The third kappa shape index (κ3) is 3.14. The van der Waals surface area contributed by atoms with Gasteiger partial charge >= 0.3 is 0 Å². The third-order valence-electron chi connectivity index (χ3n) is 2.18. The quantitative estimate of drug-likeness (QED) is 0.808. The molecule has 0 fully saturated rings. The molecule has 0 radical (unpaired) electrons. The molecule has 0 atom stereocenters.